The summed E-state index contributed by atoms with van der Waals surface area (Å²) in [6.07, 6.45) is -0.506. The number of hydrogen-bond acceptors (Lipinski definition) is 4. The molecule has 3 aromatic carbocycles. The van der Waals surface area contributed by atoms with Crippen LogP contribution in [0.4, 0.5) is 38.1 Å². The number of halogens is 5. The second-order valence-electron chi connectivity index (χ2n) is 11.1. The number of rotatable bonds is 6. The number of carbonyl (C=O) groups is 2. The first-order valence-electron chi connectivity index (χ1n) is 13.7. The highest BCUT2D eigenvalue weighted by Crippen LogP contribution is 2.38. The van der Waals surface area contributed by atoms with Crippen LogP contribution in [0.3, 0.4) is 0 Å². The first-order chi connectivity index (χ1) is 20.8. The molecule has 3 amide bonds. The fourth-order valence-electron chi connectivity index (χ4n) is 5.48. The molecule has 6 rings (SSSR count). The number of urea groups is 1. The molecule has 1 unspecified atom stereocenters. The lowest BCUT2D eigenvalue weighted by molar-refractivity contribution is -0.140. The predicted octanol–water partition coefficient (Wildman–Crippen LogP) is 7.39. The average Bonchev–Trinajstić information content (AvgIpc) is 3.47. The number of alkyl halides is 3. The highest BCUT2D eigenvalue weighted by atomic mass is 19.4. The smallest absolute Gasteiger partial charge is 0.378 e. The van der Waals surface area contributed by atoms with Crippen LogP contribution in [0, 0.1) is 5.82 Å². The van der Waals surface area contributed by atoms with Gasteiger partial charge in [0.1, 0.15) is 23.5 Å². The lowest BCUT2D eigenvalue weighted by Crippen LogP contribution is -2.46. The number of anilines is 2. The first kappa shape index (κ1) is 29.1. The minimum atomic E-state index is -5.02. The lowest BCUT2D eigenvalue weighted by Gasteiger charge is -2.32. The van der Waals surface area contributed by atoms with Gasteiger partial charge in [0.05, 0.1) is 28.3 Å². The minimum absolute atomic E-state index is 0.0211. The van der Waals surface area contributed by atoms with Crippen LogP contribution < -0.4 is 10.2 Å². The topological polar surface area (TPSA) is 70.5 Å². The molecule has 2 heterocycles. The SMILES string of the molecule is CC1(C)C(=O)N(c2ccc(F)c(C(F)(F)F)c2)C(=O)N1CC1=CC=C(F)CC1Nc1ccc(-n2cnc3ccccc32)cc1. The standard InChI is InChI=1S/C32H26F5N5O2/c1-31(2)29(43)42(23-13-14-25(34)24(16-23)32(35,36)37)30(44)41(31)17-19-7-8-20(33)15-27(19)39-21-9-11-22(12-10-21)40-18-38-26-5-3-4-6-28(26)40/h3-14,16,18,27,39H,15,17H2,1-2H3. The summed E-state index contributed by atoms with van der Waals surface area (Å²) in [4.78, 5) is 33.1. The van der Waals surface area contributed by atoms with Gasteiger partial charge in [-0.15, -0.1) is 0 Å². The summed E-state index contributed by atoms with van der Waals surface area (Å²) in [5, 5.41) is 3.29. The van der Waals surface area contributed by atoms with E-state index in [1.807, 2.05) is 53.1 Å². The number of benzene rings is 3. The number of fused-ring (bicyclic) bond motifs is 1. The highest BCUT2D eigenvalue weighted by Gasteiger charge is 2.52. The molecular weight excluding hydrogens is 581 g/mol. The fourth-order valence-corrected chi connectivity index (χ4v) is 5.48. The van der Waals surface area contributed by atoms with E-state index in [1.54, 1.807) is 6.33 Å². The molecule has 0 radical (unpaired) electrons. The molecule has 0 saturated carbocycles. The molecule has 7 nitrogen and oxygen atoms in total. The van der Waals surface area contributed by atoms with Gasteiger partial charge in [0.2, 0.25) is 0 Å². The number of para-hydroxylation sites is 2. The molecule has 1 aliphatic heterocycles. The van der Waals surface area contributed by atoms with Gasteiger partial charge in [-0.3, -0.25) is 9.36 Å². The Bertz CT molecular complexity index is 1840. The lowest BCUT2D eigenvalue weighted by atomic mass is 9.95. The number of nitrogens with zero attached hydrogens (tertiary/aromatic N) is 4. The largest absolute Gasteiger partial charge is 0.419 e. The Morgan fingerprint density at radius 2 is 1.66 bits per heavy atom. The first-order valence-corrected chi connectivity index (χ1v) is 13.7. The summed E-state index contributed by atoms with van der Waals surface area (Å²) in [7, 11) is 0. The van der Waals surface area contributed by atoms with Crippen molar-refractivity contribution in [1.82, 2.24) is 14.5 Å². The van der Waals surface area contributed by atoms with Crippen molar-refractivity contribution >= 4 is 34.3 Å². The van der Waals surface area contributed by atoms with Crippen molar-refractivity contribution in [3.8, 4) is 5.69 Å². The quantitative estimate of drug-likeness (QED) is 0.183. The van der Waals surface area contributed by atoms with Crippen LogP contribution in [0.2, 0.25) is 0 Å². The van der Waals surface area contributed by atoms with Gasteiger partial charge in [-0.25, -0.2) is 23.5 Å². The van der Waals surface area contributed by atoms with E-state index in [9.17, 15) is 31.5 Å². The second-order valence-corrected chi connectivity index (χ2v) is 11.1. The second kappa shape index (κ2) is 10.6. The third-order valence-corrected chi connectivity index (χ3v) is 7.94. The number of imidazole rings is 1. The number of imide groups is 1. The van der Waals surface area contributed by atoms with Crippen LogP contribution in [0.1, 0.15) is 25.8 Å². The van der Waals surface area contributed by atoms with Crippen LogP contribution in [-0.2, 0) is 11.0 Å². The molecule has 1 atom stereocenters. The van der Waals surface area contributed by atoms with Crippen molar-refractivity contribution in [3.05, 3.63) is 108 Å². The van der Waals surface area contributed by atoms with Crippen LogP contribution in [0.15, 0.2) is 96.6 Å². The Morgan fingerprint density at radius 1 is 0.955 bits per heavy atom. The summed E-state index contributed by atoms with van der Waals surface area (Å²) >= 11 is 0. The van der Waals surface area contributed by atoms with Crippen LogP contribution >= 0.6 is 0 Å². The van der Waals surface area contributed by atoms with E-state index in [-0.39, 0.29) is 18.8 Å². The summed E-state index contributed by atoms with van der Waals surface area (Å²) in [5.74, 6) is -2.67. The predicted molar refractivity (Wildman–Crippen MR) is 155 cm³/mol. The normalized spacial score (nSPS) is 18.6. The van der Waals surface area contributed by atoms with Crippen molar-refractivity contribution in [2.75, 3.05) is 16.8 Å². The summed E-state index contributed by atoms with van der Waals surface area (Å²) in [6.45, 7) is 2.84. The van der Waals surface area contributed by atoms with Gasteiger partial charge in [0.25, 0.3) is 5.91 Å². The highest BCUT2D eigenvalue weighted by molar-refractivity contribution is 6.23. The maximum absolute atomic E-state index is 14.5. The van der Waals surface area contributed by atoms with E-state index in [2.05, 4.69) is 10.3 Å². The summed E-state index contributed by atoms with van der Waals surface area (Å²) in [6, 6.07) is 15.7. The molecule has 1 aromatic heterocycles. The number of aromatic nitrogens is 2. The van der Waals surface area contributed by atoms with E-state index >= 15 is 0 Å². The van der Waals surface area contributed by atoms with Gasteiger partial charge in [-0.05, 0) is 80.1 Å². The van der Waals surface area contributed by atoms with Crippen LogP contribution in [0.5, 0.6) is 0 Å². The number of allylic oxidation sites excluding steroid dienone is 2. The van der Waals surface area contributed by atoms with Gasteiger partial charge in [0.15, 0.2) is 0 Å². The van der Waals surface area contributed by atoms with Gasteiger partial charge in [0, 0.05) is 24.3 Å². The van der Waals surface area contributed by atoms with Crippen molar-refractivity contribution in [1.29, 1.82) is 0 Å². The van der Waals surface area contributed by atoms with Crippen molar-refractivity contribution in [3.63, 3.8) is 0 Å². The Labute approximate surface area is 248 Å². The minimum Gasteiger partial charge on any atom is -0.378 e. The number of nitrogens with one attached hydrogen (secondary N) is 1. The van der Waals surface area contributed by atoms with Crippen molar-refractivity contribution < 1.29 is 31.5 Å². The summed E-state index contributed by atoms with van der Waals surface area (Å²) in [5.41, 5.74) is 0.492. The Hall–Kier alpha value is -5.00. The van der Waals surface area contributed by atoms with Crippen molar-refractivity contribution in [2.24, 2.45) is 0 Å². The third-order valence-electron chi connectivity index (χ3n) is 7.94. The Balaban J connectivity index is 1.24. The number of carbonyl (C=O) groups excluding carboxylic acids is 2. The molecule has 12 heteroatoms. The van der Waals surface area contributed by atoms with Crippen molar-refractivity contribution in [2.45, 2.75) is 38.0 Å². The molecule has 44 heavy (non-hydrogen) atoms. The van der Waals surface area contributed by atoms with E-state index in [0.717, 1.165) is 22.8 Å². The van der Waals surface area contributed by atoms with E-state index in [4.69, 9.17) is 0 Å². The molecule has 2 aliphatic rings. The molecule has 226 valence electrons. The third kappa shape index (κ3) is 5.10. The molecule has 1 aliphatic carbocycles. The Kier molecular flexibility index (Phi) is 7.02. The molecule has 1 fully saturated rings. The molecule has 1 N–H and O–H groups in total. The molecule has 0 bridgehead atoms. The van der Waals surface area contributed by atoms with E-state index < -0.39 is 46.8 Å². The number of amides is 3. The zero-order valence-corrected chi connectivity index (χ0v) is 23.6. The molecule has 4 aromatic rings. The zero-order valence-electron chi connectivity index (χ0n) is 23.6. The molecular formula is C32H26F5N5O2. The molecule has 0 spiro atoms. The van der Waals surface area contributed by atoms with Crippen LogP contribution in [0.25, 0.3) is 16.7 Å². The van der Waals surface area contributed by atoms with E-state index in [1.165, 1.54) is 30.9 Å². The molecule has 1 saturated heterocycles. The average molecular weight is 608 g/mol. The Morgan fingerprint density at radius 3 is 2.39 bits per heavy atom. The van der Waals surface area contributed by atoms with Gasteiger partial charge < -0.3 is 10.2 Å². The zero-order chi connectivity index (χ0) is 31.4. The summed E-state index contributed by atoms with van der Waals surface area (Å²) < 4.78 is 70.4. The van der Waals surface area contributed by atoms with Gasteiger partial charge in [-0.1, -0.05) is 18.2 Å². The van der Waals surface area contributed by atoms with E-state index in [0.29, 0.717) is 28.3 Å². The van der Waals surface area contributed by atoms with Gasteiger partial charge >= 0.3 is 12.2 Å². The number of hydrogen-bond donors (Lipinski definition) is 1. The van der Waals surface area contributed by atoms with Gasteiger partial charge in [-0.2, -0.15) is 13.2 Å². The van der Waals surface area contributed by atoms with Crippen LogP contribution in [-0.4, -0.2) is 44.5 Å². The maximum atomic E-state index is 14.5. The monoisotopic (exact) mass is 607 g/mol. The fraction of sp³-hybridized carbons (Fsp3) is 0.219. The maximum Gasteiger partial charge on any atom is 0.419 e.